The van der Waals surface area contributed by atoms with Crippen LogP contribution in [0.1, 0.15) is 15.9 Å². The van der Waals surface area contributed by atoms with E-state index in [9.17, 15) is 23.1 Å². The highest BCUT2D eigenvalue weighted by atomic mass is 19.4. The second-order valence-electron chi connectivity index (χ2n) is 4.22. The number of rotatable bonds is 3. The maximum atomic E-state index is 12.6. The van der Waals surface area contributed by atoms with Crippen LogP contribution in [-0.4, -0.2) is 16.2 Å². The van der Waals surface area contributed by atoms with E-state index in [4.69, 9.17) is 5.11 Å². The molecule has 0 fully saturated rings. The molecule has 0 spiro atoms. The first-order valence-corrected chi connectivity index (χ1v) is 5.93. The Hall–Kier alpha value is -2.90. The molecule has 0 aromatic heterocycles. The van der Waals surface area contributed by atoms with Crippen LogP contribution in [0.25, 0.3) is 0 Å². The highest BCUT2D eigenvalue weighted by Crippen LogP contribution is 2.34. The highest BCUT2D eigenvalue weighted by Gasteiger charge is 2.31. The Morgan fingerprint density at radius 3 is 2.23 bits per heavy atom. The number of benzene rings is 2. The summed E-state index contributed by atoms with van der Waals surface area (Å²) in [5.74, 6) is -1.74. The monoisotopic (exact) mass is 310 g/mol. The van der Waals surface area contributed by atoms with Crippen LogP contribution < -0.4 is 0 Å². The van der Waals surface area contributed by atoms with Crippen molar-refractivity contribution in [3.63, 3.8) is 0 Å². The van der Waals surface area contributed by atoms with Crippen molar-refractivity contribution in [2.24, 2.45) is 10.2 Å². The molecular weight excluding hydrogens is 301 g/mol. The lowest BCUT2D eigenvalue weighted by atomic mass is 10.1. The summed E-state index contributed by atoms with van der Waals surface area (Å²) in [4.78, 5) is 11.1. The molecule has 0 aliphatic rings. The van der Waals surface area contributed by atoms with Gasteiger partial charge in [-0.1, -0.05) is 12.1 Å². The largest absolute Gasteiger partial charge is 0.506 e. The van der Waals surface area contributed by atoms with Crippen LogP contribution in [-0.2, 0) is 6.18 Å². The minimum atomic E-state index is -4.66. The summed E-state index contributed by atoms with van der Waals surface area (Å²) < 4.78 is 37.8. The Morgan fingerprint density at radius 2 is 1.64 bits per heavy atom. The van der Waals surface area contributed by atoms with Crippen LogP contribution in [0.5, 0.6) is 5.75 Å². The summed E-state index contributed by atoms with van der Waals surface area (Å²) in [7, 11) is 0. The first kappa shape index (κ1) is 15.5. The number of hydrogen-bond donors (Lipinski definition) is 2. The second-order valence-corrected chi connectivity index (χ2v) is 4.22. The molecule has 0 atom stereocenters. The summed E-state index contributed by atoms with van der Waals surface area (Å²) in [5.41, 5.74) is -1.90. The van der Waals surface area contributed by atoms with Crippen molar-refractivity contribution in [3.05, 3.63) is 53.6 Å². The Bertz CT molecular complexity index is 742. The minimum absolute atomic E-state index is 0.0683. The standard InChI is InChI=1S/C14H9F3N2O3/c15-14(16,17)8-5-6-10(9(7-8)13(21)22)18-19-11-3-1-2-4-12(11)20/h1-7,20H,(H,21,22). The summed E-state index contributed by atoms with van der Waals surface area (Å²) in [6.07, 6.45) is -4.66. The summed E-state index contributed by atoms with van der Waals surface area (Å²) in [6, 6.07) is 8.00. The molecule has 2 N–H and O–H groups in total. The van der Waals surface area contributed by atoms with E-state index in [2.05, 4.69) is 10.2 Å². The van der Waals surface area contributed by atoms with Gasteiger partial charge in [0.25, 0.3) is 0 Å². The van der Waals surface area contributed by atoms with E-state index < -0.39 is 23.3 Å². The summed E-state index contributed by atoms with van der Waals surface area (Å²) >= 11 is 0. The number of phenolic OH excluding ortho intramolecular Hbond substituents is 1. The smallest absolute Gasteiger partial charge is 0.416 e. The van der Waals surface area contributed by atoms with E-state index >= 15 is 0 Å². The Labute approximate surface area is 122 Å². The number of para-hydroxylation sites is 1. The van der Waals surface area contributed by atoms with Crippen molar-refractivity contribution in [2.45, 2.75) is 6.18 Å². The predicted molar refractivity (Wildman–Crippen MR) is 70.7 cm³/mol. The number of hydrogen-bond acceptors (Lipinski definition) is 4. The van der Waals surface area contributed by atoms with E-state index in [1.807, 2.05) is 0 Å². The van der Waals surface area contributed by atoms with Gasteiger partial charge in [0.2, 0.25) is 0 Å². The van der Waals surface area contributed by atoms with Gasteiger partial charge in [0.05, 0.1) is 11.1 Å². The van der Waals surface area contributed by atoms with Gasteiger partial charge < -0.3 is 10.2 Å². The maximum Gasteiger partial charge on any atom is 0.416 e. The van der Waals surface area contributed by atoms with Crippen molar-refractivity contribution in [1.82, 2.24) is 0 Å². The first-order valence-electron chi connectivity index (χ1n) is 5.93. The number of alkyl halides is 3. The number of carboxylic acid groups (broad SMARTS) is 1. The molecule has 0 unspecified atom stereocenters. The average Bonchev–Trinajstić information content (AvgIpc) is 2.45. The van der Waals surface area contributed by atoms with Gasteiger partial charge in [-0.05, 0) is 30.3 Å². The van der Waals surface area contributed by atoms with E-state index in [1.165, 1.54) is 12.1 Å². The number of halogens is 3. The fourth-order valence-corrected chi connectivity index (χ4v) is 1.63. The van der Waals surface area contributed by atoms with Crippen LogP contribution >= 0.6 is 0 Å². The first-order chi connectivity index (χ1) is 10.3. The van der Waals surface area contributed by atoms with Crippen molar-refractivity contribution in [1.29, 1.82) is 0 Å². The molecule has 2 aromatic carbocycles. The molecule has 0 amide bonds. The molecular formula is C14H9F3N2O3. The van der Waals surface area contributed by atoms with Crippen LogP contribution in [0.15, 0.2) is 52.7 Å². The maximum absolute atomic E-state index is 12.6. The van der Waals surface area contributed by atoms with Crippen LogP contribution in [0, 0.1) is 0 Å². The number of carbonyl (C=O) groups is 1. The zero-order chi connectivity index (χ0) is 16.3. The molecule has 0 bridgehead atoms. The van der Waals surface area contributed by atoms with E-state index in [0.29, 0.717) is 12.1 Å². The van der Waals surface area contributed by atoms with Crippen LogP contribution in [0.4, 0.5) is 24.5 Å². The zero-order valence-corrected chi connectivity index (χ0v) is 10.9. The van der Waals surface area contributed by atoms with Crippen molar-refractivity contribution >= 4 is 17.3 Å². The third-order valence-electron chi connectivity index (χ3n) is 2.70. The molecule has 0 radical (unpaired) electrons. The Kier molecular flexibility index (Phi) is 4.11. The summed E-state index contributed by atoms with van der Waals surface area (Å²) in [5, 5.41) is 25.7. The van der Waals surface area contributed by atoms with Crippen molar-refractivity contribution in [3.8, 4) is 5.75 Å². The van der Waals surface area contributed by atoms with Gasteiger partial charge >= 0.3 is 12.1 Å². The molecule has 0 heterocycles. The van der Waals surface area contributed by atoms with Crippen molar-refractivity contribution in [2.75, 3.05) is 0 Å². The lowest BCUT2D eigenvalue weighted by Gasteiger charge is -2.08. The number of aromatic hydroxyl groups is 1. The number of aromatic carboxylic acids is 1. The molecule has 0 saturated carbocycles. The number of nitrogens with zero attached hydrogens (tertiary/aromatic N) is 2. The average molecular weight is 310 g/mol. The lowest BCUT2D eigenvalue weighted by Crippen LogP contribution is -2.07. The lowest BCUT2D eigenvalue weighted by molar-refractivity contribution is -0.137. The Balaban J connectivity index is 2.43. The van der Waals surface area contributed by atoms with E-state index in [-0.39, 0.29) is 17.1 Å². The van der Waals surface area contributed by atoms with Gasteiger partial charge in [0.1, 0.15) is 17.1 Å². The van der Waals surface area contributed by atoms with Gasteiger partial charge in [0, 0.05) is 0 Å². The number of phenols is 1. The molecule has 22 heavy (non-hydrogen) atoms. The third-order valence-corrected chi connectivity index (χ3v) is 2.70. The third kappa shape index (κ3) is 3.40. The number of azo groups is 1. The van der Waals surface area contributed by atoms with Crippen LogP contribution in [0.3, 0.4) is 0 Å². The molecule has 8 heteroatoms. The minimum Gasteiger partial charge on any atom is -0.506 e. The van der Waals surface area contributed by atoms with Gasteiger partial charge in [-0.2, -0.15) is 13.2 Å². The molecule has 0 aliphatic heterocycles. The zero-order valence-electron chi connectivity index (χ0n) is 10.9. The van der Waals surface area contributed by atoms with Gasteiger partial charge in [-0.3, -0.25) is 0 Å². The Morgan fingerprint density at radius 1 is 1.00 bits per heavy atom. The summed E-state index contributed by atoms with van der Waals surface area (Å²) in [6.45, 7) is 0. The van der Waals surface area contributed by atoms with E-state index in [1.54, 1.807) is 12.1 Å². The van der Waals surface area contributed by atoms with Crippen LogP contribution in [0.2, 0.25) is 0 Å². The molecule has 114 valence electrons. The quantitative estimate of drug-likeness (QED) is 0.817. The molecule has 0 aliphatic carbocycles. The molecule has 5 nitrogen and oxygen atoms in total. The fourth-order valence-electron chi connectivity index (χ4n) is 1.63. The van der Waals surface area contributed by atoms with Crippen molar-refractivity contribution < 1.29 is 28.2 Å². The number of carboxylic acids is 1. The highest BCUT2D eigenvalue weighted by molar-refractivity contribution is 5.93. The molecule has 0 saturated heterocycles. The SMILES string of the molecule is O=C(O)c1cc(C(F)(F)F)ccc1N=Nc1ccccc1O. The molecule has 2 rings (SSSR count). The normalized spacial score (nSPS) is 11.8. The molecule has 2 aromatic rings. The van der Waals surface area contributed by atoms with E-state index in [0.717, 1.165) is 6.07 Å². The van der Waals surface area contributed by atoms with Gasteiger partial charge in [-0.15, -0.1) is 10.2 Å². The van der Waals surface area contributed by atoms with Gasteiger partial charge in [0.15, 0.2) is 0 Å². The predicted octanol–water partition coefficient (Wildman–Crippen LogP) is 4.52. The fraction of sp³-hybridized carbons (Fsp3) is 0.0714. The van der Waals surface area contributed by atoms with Gasteiger partial charge in [-0.25, -0.2) is 4.79 Å². The topological polar surface area (TPSA) is 82.2 Å². The second kappa shape index (κ2) is 5.84.